The molecule has 5 nitrogen and oxygen atoms in total. The molecule has 0 aliphatic rings. The van der Waals surface area contributed by atoms with Gasteiger partial charge in [0.15, 0.2) is 5.69 Å². The minimum absolute atomic E-state index is 0.0477. The van der Waals surface area contributed by atoms with Crippen molar-refractivity contribution in [1.29, 1.82) is 0 Å². The number of rotatable bonds is 2. The lowest BCUT2D eigenvalue weighted by Gasteiger charge is -2.05. The van der Waals surface area contributed by atoms with Crippen LogP contribution in [0.3, 0.4) is 0 Å². The number of carboxylic acids is 1. The molecule has 0 aliphatic heterocycles. The van der Waals surface area contributed by atoms with Crippen LogP contribution in [0.25, 0.3) is 22.2 Å². The molecule has 0 unspecified atom stereocenters. The SMILES string of the molecule is Cn1nc(C(=O)O)cc1-c1cccc2c1c(Br)cn2C. The van der Waals surface area contributed by atoms with E-state index in [1.54, 1.807) is 17.8 Å². The monoisotopic (exact) mass is 333 g/mol. The molecule has 2 heterocycles. The van der Waals surface area contributed by atoms with E-state index in [9.17, 15) is 4.79 Å². The van der Waals surface area contributed by atoms with Gasteiger partial charge in [0, 0.05) is 41.2 Å². The van der Waals surface area contributed by atoms with Crippen molar-refractivity contribution >= 4 is 32.8 Å². The van der Waals surface area contributed by atoms with Crippen LogP contribution < -0.4 is 0 Å². The Hall–Kier alpha value is -2.08. The molecule has 0 saturated heterocycles. The summed E-state index contributed by atoms with van der Waals surface area (Å²) in [5.74, 6) is -1.02. The Labute approximate surface area is 123 Å². The lowest BCUT2D eigenvalue weighted by molar-refractivity contribution is 0.0689. The Morgan fingerprint density at radius 3 is 2.75 bits per heavy atom. The molecule has 1 aromatic carbocycles. The molecule has 6 heteroatoms. The summed E-state index contributed by atoms with van der Waals surface area (Å²) < 4.78 is 4.60. The van der Waals surface area contributed by atoms with Crippen molar-refractivity contribution in [3.05, 3.63) is 40.6 Å². The number of carboxylic acid groups (broad SMARTS) is 1. The minimum Gasteiger partial charge on any atom is -0.476 e. The predicted molar refractivity (Wildman–Crippen MR) is 79.8 cm³/mol. The van der Waals surface area contributed by atoms with Gasteiger partial charge in [0.25, 0.3) is 0 Å². The molecule has 3 aromatic rings. The summed E-state index contributed by atoms with van der Waals surface area (Å²) in [4.78, 5) is 11.0. The van der Waals surface area contributed by atoms with Gasteiger partial charge >= 0.3 is 5.97 Å². The molecule has 102 valence electrons. The zero-order valence-electron chi connectivity index (χ0n) is 11.0. The first-order valence-corrected chi connectivity index (χ1v) is 6.79. The second-order valence-corrected chi connectivity index (χ2v) is 5.49. The first-order chi connectivity index (χ1) is 9.49. The first-order valence-electron chi connectivity index (χ1n) is 6.00. The Kier molecular flexibility index (Phi) is 2.90. The number of aromatic nitrogens is 3. The lowest BCUT2D eigenvalue weighted by atomic mass is 10.1. The summed E-state index contributed by atoms with van der Waals surface area (Å²) in [6.07, 6.45) is 1.99. The van der Waals surface area contributed by atoms with Crippen molar-refractivity contribution in [1.82, 2.24) is 14.3 Å². The third-order valence-electron chi connectivity index (χ3n) is 3.34. The van der Waals surface area contributed by atoms with Gasteiger partial charge in [0.1, 0.15) is 0 Å². The fourth-order valence-corrected chi connectivity index (χ4v) is 3.15. The van der Waals surface area contributed by atoms with E-state index in [1.165, 1.54) is 0 Å². The van der Waals surface area contributed by atoms with Gasteiger partial charge in [-0.05, 0) is 28.1 Å². The maximum atomic E-state index is 11.0. The largest absolute Gasteiger partial charge is 0.476 e. The Morgan fingerprint density at radius 1 is 1.35 bits per heavy atom. The molecule has 0 spiro atoms. The highest BCUT2D eigenvalue weighted by Crippen LogP contribution is 2.35. The van der Waals surface area contributed by atoms with Gasteiger partial charge in [-0.15, -0.1) is 0 Å². The zero-order chi connectivity index (χ0) is 14.4. The van der Waals surface area contributed by atoms with Crippen LogP contribution in [-0.2, 0) is 14.1 Å². The van der Waals surface area contributed by atoms with Crippen LogP contribution in [0.15, 0.2) is 34.9 Å². The van der Waals surface area contributed by atoms with Crippen molar-refractivity contribution in [3.8, 4) is 11.3 Å². The Balaban J connectivity index is 2.32. The number of fused-ring (bicyclic) bond motifs is 1. The van der Waals surface area contributed by atoms with Gasteiger partial charge in [-0.2, -0.15) is 5.10 Å². The quantitative estimate of drug-likeness (QED) is 0.784. The van der Waals surface area contributed by atoms with Crippen LogP contribution in [0.4, 0.5) is 0 Å². The van der Waals surface area contributed by atoms with E-state index in [4.69, 9.17) is 5.11 Å². The predicted octanol–water partition coefficient (Wildman–Crippen LogP) is 3.04. The van der Waals surface area contributed by atoms with Crippen LogP contribution in [-0.4, -0.2) is 25.4 Å². The number of halogens is 1. The summed E-state index contributed by atoms with van der Waals surface area (Å²) in [5.41, 5.74) is 2.86. The molecular weight excluding hydrogens is 322 g/mol. The van der Waals surface area contributed by atoms with E-state index < -0.39 is 5.97 Å². The standard InChI is InChI=1S/C14H12BrN3O2/c1-17-7-9(15)13-8(4-3-5-11(13)17)12-6-10(14(19)20)16-18(12)2/h3-7H,1-2H3,(H,19,20). The van der Waals surface area contributed by atoms with Gasteiger partial charge in [0.2, 0.25) is 0 Å². The first kappa shape index (κ1) is 12.9. The fraction of sp³-hybridized carbons (Fsp3) is 0.143. The van der Waals surface area contributed by atoms with Crippen LogP contribution >= 0.6 is 15.9 Å². The molecule has 0 radical (unpaired) electrons. The van der Waals surface area contributed by atoms with Gasteiger partial charge in [-0.1, -0.05) is 12.1 Å². The van der Waals surface area contributed by atoms with E-state index in [-0.39, 0.29) is 5.69 Å². The summed E-state index contributed by atoms with van der Waals surface area (Å²) in [6, 6.07) is 7.54. The summed E-state index contributed by atoms with van der Waals surface area (Å²) in [7, 11) is 3.72. The van der Waals surface area contributed by atoms with Gasteiger partial charge in [0.05, 0.1) is 5.69 Å². The average Bonchev–Trinajstić information content (AvgIpc) is 2.92. The molecule has 2 aromatic heterocycles. The number of carbonyl (C=O) groups is 1. The van der Waals surface area contributed by atoms with Gasteiger partial charge in [-0.25, -0.2) is 4.79 Å². The van der Waals surface area contributed by atoms with E-state index >= 15 is 0 Å². The lowest BCUT2D eigenvalue weighted by Crippen LogP contribution is -1.99. The van der Waals surface area contributed by atoms with Crippen molar-refractivity contribution in [2.75, 3.05) is 0 Å². The van der Waals surface area contributed by atoms with Crippen LogP contribution in [0, 0.1) is 0 Å². The number of nitrogens with zero attached hydrogens (tertiary/aromatic N) is 3. The Bertz CT molecular complexity index is 832. The normalized spacial score (nSPS) is 11.2. The molecule has 0 bridgehead atoms. The van der Waals surface area contributed by atoms with E-state index in [2.05, 4.69) is 21.0 Å². The molecule has 0 amide bonds. The topological polar surface area (TPSA) is 60.1 Å². The Morgan fingerprint density at radius 2 is 2.10 bits per heavy atom. The highest BCUT2D eigenvalue weighted by Gasteiger charge is 2.16. The van der Waals surface area contributed by atoms with Crippen molar-refractivity contribution in [2.45, 2.75) is 0 Å². The number of hydrogen-bond acceptors (Lipinski definition) is 2. The smallest absolute Gasteiger partial charge is 0.356 e. The molecule has 3 rings (SSSR count). The number of benzene rings is 1. The van der Waals surface area contributed by atoms with Crippen LogP contribution in [0.2, 0.25) is 0 Å². The fourth-order valence-electron chi connectivity index (χ4n) is 2.43. The van der Waals surface area contributed by atoms with Crippen molar-refractivity contribution in [2.24, 2.45) is 14.1 Å². The summed E-state index contributed by atoms with van der Waals surface area (Å²) in [6.45, 7) is 0. The van der Waals surface area contributed by atoms with Crippen molar-refractivity contribution in [3.63, 3.8) is 0 Å². The number of aromatic carboxylic acids is 1. The number of aryl methyl sites for hydroxylation is 2. The van der Waals surface area contributed by atoms with E-state index in [0.717, 1.165) is 26.6 Å². The molecule has 0 saturated carbocycles. The third-order valence-corrected chi connectivity index (χ3v) is 3.94. The minimum atomic E-state index is -1.02. The molecule has 0 atom stereocenters. The molecule has 20 heavy (non-hydrogen) atoms. The van der Waals surface area contributed by atoms with Gasteiger partial charge < -0.3 is 9.67 Å². The third kappa shape index (κ3) is 1.84. The highest BCUT2D eigenvalue weighted by atomic mass is 79.9. The average molecular weight is 334 g/mol. The second-order valence-electron chi connectivity index (χ2n) is 4.63. The van der Waals surface area contributed by atoms with Crippen LogP contribution in [0.1, 0.15) is 10.5 Å². The number of hydrogen-bond donors (Lipinski definition) is 1. The molecular formula is C14H12BrN3O2. The zero-order valence-corrected chi connectivity index (χ0v) is 12.5. The van der Waals surface area contributed by atoms with E-state index in [0.29, 0.717) is 0 Å². The van der Waals surface area contributed by atoms with E-state index in [1.807, 2.05) is 36.0 Å². The summed E-state index contributed by atoms with van der Waals surface area (Å²) >= 11 is 3.56. The maximum absolute atomic E-state index is 11.0. The molecule has 1 N–H and O–H groups in total. The molecule has 0 aliphatic carbocycles. The highest BCUT2D eigenvalue weighted by molar-refractivity contribution is 9.10. The summed E-state index contributed by atoms with van der Waals surface area (Å²) in [5, 5.41) is 14.1. The second kappa shape index (κ2) is 4.49. The maximum Gasteiger partial charge on any atom is 0.356 e. The molecule has 0 fully saturated rings. The van der Waals surface area contributed by atoms with Crippen LogP contribution in [0.5, 0.6) is 0 Å². The van der Waals surface area contributed by atoms with Gasteiger partial charge in [-0.3, -0.25) is 4.68 Å². The van der Waals surface area contributed by atoms with Crippen molar-refractivity contribution < 1.29 is 9.90 Å².